The van der Waals surface area contributed by atoms with Gasteiger partial charge in [0.25, 0.3) is 0 Å². The molecule has 0 radical (unpaired) electrons. The molecule has 1 aromatic rings. The number of benzene rings is 1. The van der Waals surface area contributed by atoms with Crippen LogP contribution < -0.4 is 4.52 Å². The topological polar surface area (TPSA) is 46.2 Å². The first-order valence-electron chi connectivity index (χ1n) is 26.8. The van der Waals surface area contributed by atoms with Gasteiger partial charge in [-0.1, -0.05) is 251 Å². The van der Waals surface area contributed by atoms with Gasteiger partial charge in [-0.15, -0.1) is 0 Å². The second-order valence-corrected chi connectivity index (χ2v) is 19.2. The highest BCUT2D eigenvalue weighted by atomic mass is 31.2. The second kappa shape index (κ2) is 47.8. The third kappa shape index (κ3) is 40.1. The fraction of sp³-hybridized carbons (Fsp3) is 0.889. The summed E-state index contributed by atoms with van der Waals surface area (Å²) in [5, 5.41) is 0. The highest BCUT2D eigenvalue weighted by Crippen LogP contribution is 2.41. The second-order valence-electron chi connectivity index (χ2n) is 18.0. The van der Waals surface area contributed by atoms with Gasteiger partial charge in [0, 0.05) is 13.2 Å². The van der Waals surface area contributed by atoms with Crippen LogP contribution in [0.3, 0.4) is 0 Å². The summed E-state index contributed by atoms with van der Waals surface area (Å²) in [7, 11) is -1.52. The van der Waals surface area contributed by atoms with Crippen molar-refractivity contribution in [1.29, 1.82) is 0 Å². The van der Waals surface area contributed by atoms with Crippen LogP contribution in [0, 0.1) is 0 Å². The van der Waals surface area contributed by atoms with Crippen LogP contribution in [0.1, 0.15) is 272 Å². The van der Waals surface area contributed by atoms with Crippen molar-refractivity contribution in [2.45, 2.75) is 284 Å². The van der Waals surface area contributed by atoms with Gasteiger partial charge in [0.05, 0.1) is 25.4 Å². The van der Waals surface area contributed by atoms with E-state index < -0.39 is 8.60 Å². The van der Waals surface area contributed by atoms with E-state index in [2.05, 4.69) is 27.7 Å². The van der Waals surface area contributed by atoms with Gasteiger partial charge in [0.15, 0.2) is 0 Å². The van der Waals surface area contributed by atoms with E-state index >= 15 is 0 Å². The normalized spacial score (nSPS) is 13.2. The Bertz CT molecular complexity index is 880. The van der Waals surface area contributed by atoms with Crippen molar-refractivity contribution in [3.8, 4) is 5.75 Å². The molecule has 354 valence electrons. The minimum Gasteiger partial charge on any atom is -0.427 e. The van der Waals surface area contributed by atoms with Crippen molar-refractivity contribution < 1.29 is 23.0 Å². The molecule has 0 heterocycles. The number of hydrogen-bond donors (Lipinski definition) is 0. The quantitative estimate of drug-likeness (QED) is 0.0482. The van der Waals surface area contributed by atoms with Crippen molar-refractivity contribution in [2.75, 3.05) is 26.4 Å². The molecule has 1 rings (SSSR count). The average Bonchev–Trinajstić information content (AvgIpc) is 3.26. The molecule has 0 spiro atoms. The van der Waals surface area contributed by atoms with Crippen LogP contribution in [0.2, 0.25) is 0 Å². The average molecular weight is 863 g/mol. The van der Waals surface area contributed by atoms with E-state index in [-0.39, 0.29) is 12.2 Å². The lowest BCUT2D eigenvalue weighted by Gasteiger charge is -2.22. The highest BCUT2D eigenvalue weighted by molar-refractivity contribution is 7.42. The van der Waals surface area contributed by atoms with Crippen molar-refractivity contribution in [3.63, 3.8) is 0 Å². The standard InChI is InChI=1S/C54H103O5P/c1-5-9-13-17-21-23-25-29-33-40-48-55-52(42-36-31-27-19-15-11-7-3)46-50-57-60(59-54-44-38-35-39-45-54)58-51-47-53(43-37-32-28-20-16-12-8-4)56-49-41-34-30-26-24-22-18-14-10-6-2/h35,38-39,44-45,52-53H,5-34,36-37,40-43,46-51H2,1-4H3. The molecule has 6 heteroatoms. The molecule has 2 unspecified atom stereocenters. The van der Waals surface area contributed by atoms with Crippen LogP contribution in [0.15, 0.2) is 30.3 Å². The first-order valence-corrected chi connectivity index (χ1v) is 27.8. The first kappa shape index (κ1) is 57.3. The molecule has 0 bridgehead atoms. The molecule has 0 saturated carbocycles. The predicted molar refractivity (Wildman–Crippen MR) is 264 cm³/mol. The molecule has 0 aliphatic heterocycles. The molecule has 0 saturated heterocycles. The zero-order valence-electron chi connectivity index (χ0n) is 40.7. The summed E-state index contributed by atoms with van der Waals surface area (Å²) in [6.07, 6.45) is 50.1. The summed E-state index contributed by atoms with van der Waals surface area (Å²) >= 11 is 0. The Morgan fingerprint density at radius 1 is 0.333 bits per heavy atom. The summed E-state index contributed by atoms with van der Waals surface area (Å²) in [5.41, 5.74) is 0. The van der Waals surface area contributed by atoms with E-state index in [1.54, 1.807) is 0 Å². The smallest absolute Gasteiger partial charge is 0.397 e. The lowest BCUT2D eigenvalue weighted by atomic mass is 10.0. The predicted octanol–water partition coefficient (Wildman–Crippen LogP) is 19.0. The highest BCUT2D eigenvalue weighted by Gasteiger charge is 2.19. The number of hydrogen-bond acceptors (Lipinski definition) is 5. The Morgan fingerprint density at radius 3 is 0.967 bits per heavy atom. The van der Waals surface area contributed by atoms with Crippen LogP contribution in [0.4, 0.5) is 0 Å². The molecule has 2 atom stereocenters. The van der Waals surface area contributed by atoms with Gasteiger partial charge < -0.3 is 23.0 Å². The molecule has 0 aliphatic carbocycles. The van der Waals surface area contributed by atoms with E-state index in [0.29, 0.717) is 13.2 Å². The van der Waals surface area contributed by atoms with Gasteiger partial charge in [-0.3, -0.25) is 0 Å². The summed E-state index contributed by atoms with van der Waals surface area (Å²) in [6, 6.07) is 10.1. The van der Waals surface area contributed by atoms with Gasteiger partial charge in [-0.05, 0) is 50.7 Å². The molecule has 0 amide bonds. The van der Waals surface area contributed by atoms with E-state index in [0.717, 1.165) is 44.6 Å². The molecular weight excluding hydrogens is 760 g/mol. The van der Waals surface area contributed by atoms with Crippen LogP contribution in [0.5, 0.6) is 5.75 Å². The Balaban J connectivity index is 2.64. The molecule has 1 aromatic carbocycles. The largest absolute Gasteiger partial charge is 0.427 e. The zero-order valence-corrected chi connectivity index (χ0v) is 41.6. The lowest BCUT2D eigenvalue weighted by Crippen LogP contribution is -2.18. The summed E-state index contributed by atoms with van der Waals surface area (Å²) in [6.45, 7) is 12.1. The summed E-state index contributed by atoms with van der Waals surface area (Å²) in [5.74, 6) is 0.803. The fourth-order valence-corrected chi connectivity index (χ4v) is 9.12. The van der Waals surface area contributed by atoms with Crippen LogP contribution >= 0.6 is 8.60 Å². The van der Waals surface area contributed by atoms with Crippen molar-refractivity contribution >= 4 is 8.60 Å². The lowest BCUT2D eigenvalue weighted by molar-refractivity contribution is 0.0224. The molecule has 0 aromatic heterocycles. The van der Waals surface area contributed by atoms with Crippen LogP contribution in [-0.2, 0) is 18.5 Å². The molecule has 5 nitrogen and oxygen atoms in total. The van der Waals surface area contributed by atoms with Crippen molar-refractivity contribution in [1.82, 2.24) is 0 Å². The van der Waals surface area contributed by atoms with Gasteiger partial charge in [0.2, 0.25) is 0 Å². The number of unbranched alkanes of at least 4 members (excludes halogenated alkanes) is 30. The Kier molecular flexibility index (Phi) is 45.6. The molecule has 0 aliphatic rings. The van der Waals surface area contributed by atoms with Gasteiger partial charge in [-0.2, -0.15) is 0 Å². The molecule has 0 fully saturated rings. The van der Waals surface area contributed by atoms with Crippen molar-refractivity contribution in [2.24, 2.45) is 0 Å². The third-order valence-electron chi connectivity index (χ3n) is 12.2. The minimum atomic E-state index is -1.52. The van der Waals surface area contributed by atoms with E-state index in [9.17, 15) is 0 Å². The maximum absolute atomic E-state index is 6.57. The summed E-state index contributed by atoms with van der Waals surface area (Å²) < 4.78 is 32.4. The molecule has 0 N–H and O–H groups in total. The third-order valence-corrected chi connectivity index (χ3v) is 13.3. The maximum Gasteiger partial charge on any atom is 0.397 e. The number of ether oxygens (including phenoxy) is 2. The molecule has 60 heavy (non-hydrogen) atoms. The maximum atomic E-state index is 6.57. The van der Waals surface area contributed by atoms with E-state index in [1.807, 2.05) is 30.3 Å². The Morgan fingerprint density at radius 2 is 0.633 bits per heavy atom. The fourth-order valence-electron chi connectivity index (χ4n) is 8.13. The summed E-state index contributed by atoms with van der Waals surface area (Å²) in [4.78, 5) is 0. The van der Waals surface area contributed by atoms with E-state index in [1.165, 1.54) is 218 Å². The van der Waals surface area contributed by atoms with E-state index in [4.69, 9.17) is 23.0 Å². The van der Waals surface area contributed by atoms with Gasteiger partial charge >= 0.3 is 8.60 Å². The number of para-hydroxylation sites is 1. The Labute approximate surface area is 376 Å². The first-order chi connectivity index (χ1) is 29.7. The minimum absolute atomic E-state index is 0.235. The monoisotopic (exact) mass is 863 g/mol. The van der Waals surface area contributed by atoms with Crippen LogP contribution in [0.25, 0.3) is 0 Å². The van der Waals surface area contributed by atoms with Gasteiger partial charge in [0.1, 0.15) is 5.75 Å². The van der Waals surface area contributed by atoms with Crippen LogP contribution in [-0.4, -0.2) is 38.6 Å². The van der Waals surface area contributed by atoms with Crippen molar-refractivity contribution in [3.05, 3.63) is 30.3 Å². The molecular formula is C54H103O5P. The zero-order chi connectivity index (χ0) is 43.1. The SMILES string of the molecule is CCCCCCCCCCCCOC(CCCCCCCCC)CCOP(OCCC(CCCCCCCCC)OCCCCCCCCCCCC)Oc1ccccc1. The Hall–Kier alpha value is -0.710. The number of rotatable bonds is 50. The van der Waals surface area contributed by atoms with Gasteiger partial charge in [-0.25, -0.2) is 0 Å².